The first kappa shape index (κ1) is 20.0. The van der Waals surface area contributed by atoms with Gasteiger partial charge in [-0.15, -0.1) is 0 Å². The Labute approximate surface area is 135 Å². The number of nitrogens with one attached hydrogen (secondary N) is 1. The van der Waals surface area contributed by atoms with Crippen LogP contribution in [0, 0.1) is 0 Å². The van der Waals surface area contributed by atoms with Crippen LogP contribution in [0.25, 0.3) is 0 Å². The van der Waals surface area contributed by atoms with Crippen molar-refractivity contribution >= 4 is 47.2 Å². The Bertz CT molecular complexity index is 381. The molecule has 1 N–H and O–H groups in total. The molecule has 5 nitrogen and oxygen atoms in total. The van der Waals surface area contributed by atoms with Gasteiger partial charge in [-0.3, -0.25) is 9.59 Å². The molecule has 0 fully saturated rings. The van der Waals surface area contributed by atoms with Crippen molar-refractivity contribution in [3.63, 3.8) is 0 Å². The molecule has 1 rings (SSSR count). The number of benzene rings is 1. The Morgan fingerprint density at radius 1 is 1.21 bits per heavy atom. The molecule has 0 atom stereocenters. The van der Waals surface area contributed by atoms with Gasteiger partial charge in [-0.2, -0.15) is 0 Å². The van der Waals surface area contributed by atoms with Gasteiger partial charge in [0, 0.05) is 13.8 Å². The molecule has 0 spiro atoms. The summed E-state index contributed by atoms with van der Waals surface area (Å²) in [5.74, 6) is -0.617. The Morgan fingerprint density at radius 3 is 2.16 bits per heavy atom. The monoisotopic (exact) mass is 275 g/mol. The number of anilines is 1. The Balaban J connectivity index is 0. The molecule has 0 aliphatic heterocycles. The second kappa shape index (κ2) is 13.1. The average molecular weight is 275 g/mol. The van der Waals surface area contributed by atoms with E-state index in [1.165, 1.54) is 19.9 Å². The van der Waals surface area contributed by atoms with Crippen LogP contribution in [0.3, 0.4) is 0 Å². The van der Waals surface area contributed by atoms with Crippen LogP contribution >= 0.6 is 0 Å². The van der Waals surface area contributed by atoms with Crippen molar-refractivity contribution in [2.75, 3.05) is 12.1 Å². The van der Waals surface area contributed by atoms with Gasteiger partial charge in [0.1, 0.15) is 6.61 Å². The fourth-order valence-electron chi connectivity index (χ4n) is 0.813. The van der Waals surface area contributed by atoms with Crippen LogP contribution in [0.4, 0.5) is 5.69 Å². The van der Waals surface area contributed by atoms with E-state index < -0.39 is 0 Å². The van der Waals surface area contributed by atoms with E-state index in [1.54, 1.807) is 0 Å². The van der Waals surface area contributed by atoms with E-state index in [1.807, 2.05) is 30.3 Å². The van der Waals surface area contributed by atoms with E-state index in [9.17, 15) is 9.59 Å². The van der Waals surface area contributed by atoms with E-state index >= 15 is 0 Å². The van der Waals surface area contributed by atoms with Crippen LogP contribution in [0.1, 0.15) is 13.8 Å². The number of ether oxygens (including phenoxy) is 1. The summed E-state index contributed by atoms with van der Waals surface area (Å²) in [6.45, 7) is 6.38. The summed E-state index contributed by atoms with van der Waals surface area (Å²) < 4.78 is 4.43. The van der Waals surface area contributed by atoms with Crippen LogP contribution in [0.5, 0.6) is 0 Å². The Kier molecular flexibility index (Phi) is 13.8. The van der Waals surface area contributed by atoms with Crippen LogP contribution in [-0.2, 0) is 19.2 Å². The van der Waals surface area contributed by atoms with Crippen molar-refractivity contribution in [1.82, 2.24) is 0 Å². The minimum absolute atomic E-state index is 0. The quantitative estimate of drug-likeness (QED) is 0.392. The first-order valence-electron chi connectivity index (χ1n) is 5.29. The van der Waals surface area contributed by atoms with Gasteiger partial charge in [-0.1, -0.05) is 30.9 Å². The third kappa shape index (κ3) is 14.6. The van der Waals surface area contributed by atoms with Crippen molar-refractivity contribution < 1.29 is 19.2 Å². The van der Waals surface area contributed by atoms with E-state index in [0.717, 1.165) is 5.69 Å². The van der Waals surface area contributed by atoms with Gasteiger partial charge in [0.2, 0.25) is 0 Å². The molecule has 19 heavy (non-hydrogen) atoms. The topological polar surface area (TPSA) is 64.6 Å². The zero-order valence-electron chi connectivity index (χ0n) is 10.5. The summed E-state index contributed by atoms with van der Waals surface area (Å²) in [4.78, 5) is 24.8. The predicted octanol–water partition coefficient (Wildman–Crippen LogP) is 1.66. The molecule has 0 aliphatic rings. The second-order valence-electron chi connectivity index (χ2n) is 3.15. The summed E-state index contributed by atoms with van der Waals surface area (Å²) >= 11 is 0. The van der Waals surface area contributed by atoms with Gasteiger partial charge in [-0.25, -0.2) is 5.48 Å². The standard InChI is InChI=1S/C8H9NO2.C5H8O2.Na.H/c1-7(10)11-9-8-5-3-2-4-6-8;1-3-4-7-5(2)6;;/h2-6,9H,1H3;3H,1,4H2,2H3;;. The third-order valence-corrected chi connectivity index (χ3v) is 1.49. The second-order valence-corrected chi connectivity index (χ2v) is 3.15. The van der Waals surface area contributed by atoms with E-state index in [0.29, 0.717) is 6.61 Å². The maximum atomic E-state index is 10.3. The molecular weight excluding hydrogens is 257 g/mol. The van der Waals surface area contributed by atoms with Gasteiger partial charge in [0.25, 0.3) is 0 Å². The summed E-state index contributed by atoms with van der Waals surface area (Å²) in [7, 11) is 0. The van der Waals surface area contributed by atoms with Gasteiger partial charge < -0.3 is 9.57 Å². The molecule has 0 unspecified atom stereocenters. The number of carbonyl (C=O) groups excluding carboxylic acids is 2. The molecule has 100 valence electrons. The van der Waals surface area contributed by atoms with Crippen LogP contribution in [-0.4, -0.2) is 48.1 Å². The maximum absolute atomic E-state index is 10.3. The van der Waals surface area contributed by atoms with Crippen LogP contribution < -0.4 is 5.48 Å². The first-order valence-corrected chi connectivity index (χ1v) is 5.29. The molecule has 0 aromatic heterocycles. The number of hydrogen-bond acceptors (Lipinski definition) is 5. The zero-order valence-corrected chi connectivity index (χ0v) is 10.5. The molecule has 6 heteroatoms. The van der Waals surface area contributed by atoms with Crippen LogP contribution in [0.15, 0.2) is 43.0 Å². The molecule has 1 aromatic carbocycles. The fourth-order valence-corrected chi connectivity index (χ4v) is 0.813. The normalized spacial score (nSPS) is 7.89. The molecule has 0 radical (unpaired) electrons. The van der Waals surface area contributed by atoms with E-state index in [-0.39, 0.29) is 41.5 Å². The third-order valence-electron chi connectivity index (χ3n) is 1.49. The van der Waals surface area contributed by atoms with Gasteiger partial charge in [0.05, 0.1) is 5.69 Å². The van der Waals surface area contributed by atoms with E-state index in [2.05, 4.69) is 21.6 Å². The molecule has 0 heterocycles. The van der Waals surface area contributed by atoms with E-state index in [4.69, 9.17) is 0 Å². The summed E-state index contributed by atoms with van der Waals surface area (Å²) in [6, 6.07) is 9.21. The summed E-state index contributed by atoms with van der Waals surface area (Å²) in [5.41, 5.74) is 3.26. The molecule has 0 bridgehead atoms. The molecule has 1 aromatic rings. The fraction of sp³-hybridized carbons (Fsp3) is 0.231. The van der Waals surface area contributed by atoms with Crippen molar-refractivity contribution in [2.24, 2.45) is 0 Å². The van der Waals surface area contributed by atoms with Crippen molar-refractivity contribution in [3.8, 4) is 0 Å². The Morgan fingerprint density at radius 2 is 1.79 bits per heavy atom. The number of carbonyl (C=O) groups is 2. The summed E-state index contributed by atoms with van der Waals surface area (Å²) in [5, 5.41) is 0. The molecule has 0 amide bonds. The molecule has 0 aliphatic carbocycles. The Hall–Kier alpha value is -1.30. The average Bonchev–Trinajstić information content (AvgIpc) is 2.36. The van der Waals surface area contributed by atoms with Crippen molar-refractivity contribution in [3.05, 3.63) is 43.0 Å². The van der Waals surface area contributed by atoms with Gasteiger partial charge in [-0.05, 0) is 12.1 Å². The van der Waals surface area contributed by atoms with Gasteiger partial charge in [0.15, 0.2) is 0 Å². The molecule has 0 saturated carbocycles. The number of para-hydroxylation sites is 1. The number of hydrogen-bond donors (Lipinski definition) is 1. The minimum atomic E-state index is -0.353. The number of rotatable bonds is 4. The molecule has 0 saturated heterocycles. The zero-order chi connectivity index (χ0) is 13.8. The van der Waals surface area contributed by atoms with Crippen molar-refractivity contribution in [1.29, 1.82) is 0 Å². The van der Waals surface area contributed by atoms with Crippen LogP contribution in [0.2, 0.25) is 0 Å². The van der Waals surface area contributed by atoms with Gasteiger partial charge >= 0.3 is 41.5 Å². The first-order chi connectivity index (χ1) is 8.56. The van der Waals surface area contributed by atoms with Crippen molar-refractivity contribution in [2.45, 2.75) is 13.8 Å². The SMILES string of the molecule is C=CCOC(C)=O.CC(=O)ONc1ccccc1.[NaH]. The molecular formula is C13H18NNaO4. The number of esters is 1. The summed E-state index contributed by atoms with van der Waals surface area (Å²) in [6.07, 6.45) is 1.53. The predicted molar refractivity (Wildman–Crippen MR) is 75.8 cm³/mol.